The van der Waals surface area contributed by atoms with Crippen molar-refractivity contribution in [3.63, 3.8) is 0 Å². The second kappa shape index (κ2) is 7.08. The molecule has 0 saturated heterocycles. The number of hydrogen-bond acceptors (Lipinski definition) is 1. The molecule has 0 unspecified atom stereocenters. The van der Waals surface area contributed by atoms with Gasteiger partial charge in [0.2, 0.25) is 5.91 Å². The molecule has 1 aromatic heterocycles. The molecular weight excluding hydrogens is 295 g/mol. The van der Waals surface area contributed by atoms with E-state index in [0.717, 1.165) is 11.1 Å². The molecule has 3 nitrogen and oxygen atoms in total. The molecule has 0 spiro atoms. The van der Waals surface area contributed by atoms with Gasteiger partial charge in [0.05, 0.1) is 0 Å². The van der Waals surface area contributed by atoms with Crippen LogP contribution in [0.15, 0.2) is 48.8 Å². The minimum atomic E-state index is -0.177. The molecule has 1 heterocycles. The molecule has 2 N–H and O–H groups in total. The fourth-order valence-corrected chi connectivity index (χ4v) is 2.06. The zero-order valence-corrected chi connectivity index (χ0v) is 12.1. The number of H-pyrrole nitrogens is 1. The smallest absolute Gasteiger partial charge is 0.244 e. The van der Waals surface area contributed by atoms with Crippen LogP contribution in [0.2, 0.25) is 10.0 Å². The van der Waals surface area contributed by atoms with Crippen molar-refractivity contribution in [2.45, 2.75) is 6.54 Å². The summed E-state index contributed by atoms with van der Waals surface area (Å²) in [6.45, 7) is 0.478. The van der Waals surface area contributed by atoms with E-state index in [1.807, 2.05) is 24.5 Å². The van der Waals surface area contributed by atoms with Crippen LogP contribution in [0.3, 0.4) is 0 Å². The maximum atomic E-state index is 11.7. The molecule has 0 radical (unpaired) electrons. The van der Waals surface area contributed by atoms with Gasteiger partial charge in [-0.25, -0.2) is 4.98 Å². The number of pyridine rings is 1. The molecule has 1 amide bonds. The number of hydrogen-bond donors (Lipinski definition) is 1. The van der Waals surface area contributed by atoms with Gasteiger partial charge < -0.3 is 5.32 Å². The summed E-state index contributed by atoms with van der Waals surface area (Å²) in [5.74, 6) is -0.177. The van der Waals surface area contributed by atoms with Crippen molar-refractivity contribution < 1.29 is 9.78 Å². The lowest BCUT2D eigenvalue weighted by atomic mass is 10.2. The molecule has 0 aliphatic carbocycles. The highest BCUT2D eigenvalue weighted by atomic mass is 35.5. The summed E-state index contributed by atoms with van der Waals surface area (Å²) in [7, 11) is 0. The molecule has 0 bridgehead atoms. The SMILES string of the molecule is O=C(C=Cc1ccc(Cl)cc1Cl)NCc1cc[nH+]cc1. The van der Waals surface area contributed by atoms with E-state index in [0.29, 0.717) is 16.6 Å². The molecule has 0 aliphatic rings. The standard InChI is InChI=1S/C15H12Cl2N2O/c16-13-3-1-12(14(17)9-13)2-4-15(20)19-10-11-5-7-18-8-6-11/h1-9H,10H2,(H,19,20)/p+1. The first-order chi connectivity index (χ1) is 9.65. The third kappa shape index (κ3) is 4.37. The molecule has 2 rings (SSSR count). The maximum absolute atomic E-state index is 11.7. The van der Waals surface area contributed by atoms with E-state index in [1.54, 1.807) is 24.3 Å². The van der Waals surface area contributed by atoms with Crippen molar-refractivity contribution in [1.82, 2.24) is 5.32 Å². The maximum Gasteiger partial charge on any atom is 0.244 e. The fourth-order valence-electron chi connectivity index (χ4n) is 1.59. The number of benzene rings is 1. The quantitative estimate of drug-likeness (QED) is 0.866. The van der Waals surface area contributed by atoms with Crippen LogP contribution in [0.1, 0.15) is 11.1 Å². The van der Waals surface area contributed by atoms with Crippen LogP contribution in [-0.2, 0) is 11.3 Å². The summed E-state index contributed by atoms with van der Waals surface area (Å²) in [5, 5.41) is 3.87. The van der Waals surface area contributed by atoms with Crippen molar-refractivity contribution >= 4 is 35.2 Å². The van der Waals surface area contributed by atoms with E-state index in [2.05, 4.69) is 10.3 Å². The average Bonchev–Trinajstić information content (AvgIpc) is 2.45. The van der Waals surface area contributed by atoms with Crippen LogP contribution in [0.25, 0.3) is 6.08 Å². The van der Waals surface area contributed by atoms with Crippen molar-refractivity contribution in [2.24, 2.45) is 0 Å². The molecular formula is C15H13Cl2N2O+. The topological polar surface area (TPSA) is 43.2 Å². The summed E-state index contributed by atoms with van der Waals surface area (Å²) in [5.41, 5.74) is 1.77. The van der Waals surface area contributed by atoms with Gasteiger partial charge in [-0.05, 0) is 29.3 Å². The van der Waals surface area contributed by atoms with E-state index in [1.165, 1.54) is 6.08 Å². The van der Waals surface area contributed by atoms with Gasteiger partial charge >= 0.3 is 0 Å². The zero-order valence-electron chi connectivity index (χ0n) is 10.6. The van der Waals surface area contributed by atoms with E-state index in [9.17, 15) is 4.79 Å². The second-order valence-corrected chi connectivity index (χ2v) is 4.97. The first-order valence-corrected chi connectivity index (χ1v) is 6.77. The summed E-state index contributed by atoms with van der Waals surface area (Å²) in [4.78, 5) is 14.6. The fraction of sp³-hybridized carbons (Fsp3) is 0.0667. The number of aromatic nitrogens is 1. The van der Waals surface area contributed by atoms with E-state index < -0.39 is 0 Å². The van der Waals surface area contributed by atoms with Gasteiger partial charge in [0.15, 0.2) is 12.4 Å². The Kier molecular flexibility index (Phi) is 5.16. The molecule has 0 atom stereocenters. The molecule has 2 aromatic rings. The predicted molar refractivity (Wildman–Crippen MR) is 80.3 cm³/mol. The number of halogens is 2. The van der Waals surface area contributed by atoms with Crippen LogP contribution in [-0.4, -0.2) is 5.91 Å². The van der Waals surface area contributed by atoms with Crippen LogP contribution in [0.5, 0.6) is 0 Å². The number of rotatable bonds is 4. The zero-order chi connectivity index (χ0) is 14.4. The predicted octanol–water partition coefficient (Wildman–Crippen LogP) is 3.14. The molecule has 0 saturated carbocycles. The third-order valence-electron chi connectivity index (χ3n) is 2.63. The lowest BCUT2D eigenvalue weighted by molar-refractivity contribution is -0.378. The first-order valence-electron chi connectivity index (χ1n) is 6.01. The Labute approximate surface area is 127 Å². The lowest BCUT2D eigenvalue weighted by Crippen LogP contribution is -2.20. The second-order valence-electron chi connectivity index (χ2n) is 4.13. The number of amides is 1. The molecule has 0 aliphatic heterocycles. The normalized spacial score (nSPS) is 10.7. The van der Waals surface area contributed by atoms with Crippen molar-refractivity contribution in [3.05, 3.63) is 70.0 Å². The van der Waals surface area contributed by atoms with Crippen molar-refractivity contribution in [1.29, 1.82) is 0 Å². The summed E-state index contributed by atoms with van der Waals surface area (Å²) >= 11 is 11.8. The Hall–Kier alpha value is -1.84. The molecule has 0 fully saturated rings. The summed E-state index contributed by atoms with van der Waals surface area (Å²) < 4.78 is 0. The first kappa shape index (κ1) is 14.6. The Bertz CT molecular complexity index is 627. The number of carbonyl (C=O) groups excluding carboxylic acids is 1. The Morgan fingerprint density at radius 2 is 1.95 bits per heavy atom. The van der Waals surface area contributed by atoms with Gasteiger partial charge in [-0.15, -0.1) is 0 Å². The van der Waals surface area contributed by atoms with E-state index in [-0.39, 0.29) is 5.91 Å². The largest absolute Gasteiger partial charge is 0.348 e. The van der Waals surface area contributed by atoms with Gasteiger partial charge in [-0.1, -0.05) is 29.3 Å². The molecule has 20 heavy (non-hydrogen) atoms. The third-order valence-corrected chi connectivity index (χ3v) is 3.19. The highest BCUT2D eigenvalue weighted by Gasteiger charge is 2.00. The van der Waals surface area contributed by atoms with Gasteiger partial charge in [-0.3, -0.25) is 4.79 Å². The average molecular weight is 308 g/mol. The van der Waals surface area contributed by atoms with Crippen molar-refractivity contribution in [3.8, 4) is 0 Å². The van der Waals surface area contributed by atoms with Gasteiger partial charge in [0, 0.05) is 34.8 Å². The Morgan fingerprint density at radius 3 is 2.65 bits per heavy atom. The lowest BCUT2D eigenvalue weighted by Gasteiger charge is -2.01. The van der Waals surface area contributed by atoms with Gasteiger partial charge in [-0.2, -0.15) is 0 Å². The number of nitrogens with one attached hydrogen (secondary N) is 2. The minimum Gasteiger partial charge on any atom is -0.348 e. The minimum absolute atomic E-state index is 0.177. The van der Waals surface area contributed by atoms with Crippen molar-refractivity contribution in [2.75, 3.05) is 0 Å². The Morgan fingerprint density at radius 1 is 1.20 bits per heavy atom. The van der Waals surface area contributed by atoms with Crippen LogP contribution < -0.4 is 10.3 Å². The number of aromatic amines is 1. The van der Waals surface area contributed by atoms with E-state index >= 15 is 0 Å². The van der Waals surface area contributed by atoms with Gasteiger partial charge in [0.25, 0.3) is 0 Å². The van der Waals surface area contributed by atoms with Crippen LogP contribution in [0, 0.1) is 0 Å². The molecule has 5 heteroatoms. The highest BCUT2D eigenvalue weighted by Crippen LogP contribution is 2.21. The number of carbonyl (C=O) groups is 1. The highest BCUT2D eigenvalue weighted by molar-refractivity contribution is 6.35. The van der Waals surface area contributed by atoms with Gasteiger partial charge in [0.1, 0.15) is 0 Å². The monoisotopic (exact) mass is 307 g/mol. The summed E-state index contributed by atoms with van der Waals surface area (Å²) in [6.07, 6.45) is 6.73. The Balaban J connectivity index is 1.92. The van der Waals surface area contributed by atoms with Crippen LogP contribution in [0.4, 0.5) is 0 Å². The molecule has 102 valence electrons. The van der Waals surface area contributed by atoms with E-state index in [4.69, 9.17) is 23.2 Å². The molecule has 1 aromatic carbocycles. The van der Waals surface area contributed by atoms with Crippen LogP contribution >= 0.6 is 23.2 Å². The summed E-state index contributed by atoms with van der Waals surface area (Å²) in [6, 6.07) is 8.94.